The Balaban J connectivity index is 2.42. The zero-order valence-corrected chi connectivity index (χ0v) is 22.9. The second-order valence-corrected chi connectivity index (χ2v) is 11.0. The Hall–Kier alpha value is -3.27. The fourth-order valence-electron chi connectivity index (χ4n) is 3.64. The third-order valence-electron chi connectivity index (χ3n) is 5.62. The van der Waals surface area contributed by atoms with Crippen molar-refractivity contribution in [3.63, 3.8) is 0 Å². The lowest BCUT2D eigenvalue weighted by Gasteiger charge is -2.31. The molecule has 2 amide bonds. The highest BCUT2D eigenvalue weighted by Crippen LogP contribution is 2.32. The van der Waals surface area contributed by atoms with Gasteiger partial charge in [-0.2, -0.15) is 0 Å². The Morgan fingerprint density at radius 1 is 1.00 bits per heavy atom. The van der Waals surface area contributed by atoms with Gasteiger partial charge >= 0.3 is 0 Å². The third-order valence-corrected chi connectivity index (χ3v) is 6.76. The van der Waals surface area contributed by atoms with Crippen LogP contribution < -0.4 is 19.1 Å². The number of carbonyl (C=O) groups is 2. The first-order valence-electron chi connectivity index (χ1n) is 11.7. The van der Waals surface area contributed by atoms with Crippen molar-refractivity contribution >= 4 is 27.5 Å². The van der Waals surface area contributed by atoms with Gasteiger partial charge in [0.1, 0.15) is 12.6 Å². The molecule has 2 aromatic rings. The molecule has 10 heteroatoms. The van der Waals surface area contributed by atoms with Crippen LogP contribution >= 0.6 is 0 Å². The molecule has 0 saturated carbocycles. The van der Waals surface area contributed by atoms with Gasteiger partial charge in [0.05, 0.1) is 26.2 Å². The number of anilines is 1. The average Bonchev–Trinajstić information content (AvgIpc) is 2.82. The Labute approximate surface area is 214 Å². The van der Waals surface area contributed by atoms with E-state index in [1.54, 1.807) is 19.1 Å². The molecule has 0 aromatic heterocycles. The topological polar surface area (TPSA) is 105 Å². The number of nitrogens with zero attached hydrogens (tertiary/aromatic N) is 2. The molecule has 36 heavy (non-hydrogen) atoms. The lowest BCUT2D eigenvalue weighted by Crippen LogP contribution is -2.51. The molecule has 1 N–H and O–H groups in total. The maximum Gasteiger partial charge on any atom is 0.244 e. The Morgan fingerprint density at radius 2 is 1.67 bits per heavy atom. The summed E-state index contributed by atoms with van der Waals surface area (Å²) in [5, 5.41) is 2.86. The maximum absolute atomic E-state index is 13.6. The van der Waals surface area contributed by atoms with Crippen molar-refractivity contribution in [3.05, 3.63) is 53.6 Å². The Kier molecular flexibility index (Phi) is 10.2. The van der Waals surface area contributed by atoms with Gasteiger partial charge in [-0.3, -0.25) is 13.9 Å². The Bertz CT molecular complexity index is 1170. The van der Waals surface area contributed by atoms with Crippen LogP contribution in [0.5, 0.6) is 11.5 Å². The molecule has 0 fully saturated rings. The molecule has 2 aromatic carbocycles. The zero-order valence-electron chi connectivity index (χ0n) is 22.1. The van der Waals surface area contributed by atoms with Crippen LogP contribution in [0.2, 0.25) is 0 Å². The van der Waals surface area contributed by atoms with Crippen molar-refractivity contribution in [3.8, 4) is 11.5 Å². The fourth-order valence-corrected chi connectivity index (χ4v) is 4.48. The van der Waals surface area contributed by atoms with Crippen molar-refractivity contribution in [1.82, 2.24) is 10.2 Å². The average molecular weight is 520 g/mol. The molecule has 9 nitrogen and oxygen atoms in total. The molecule has 1 atom stereocenters. The molecule has 0 radical (unpaired) electrons. The SMILES string of the molecule is COc1ccc(N(CC(=O)N(Cc2cccc(C)c2)[C@H](C)C(=O)NCC(C)C)S(C)(=O)=O)cc1OC. The molecular formula is C26H37N3O6S. The highest BCUT2D eigenvalue weighted by molar-refractivity contribution is 7.92. The van der Waals surface area contributed by atoms with Gasteiger partial charge in [0, 0.05) is 19.2 Å². The van der Waals surface area contributed by atoms with E-state index in [4.69, 9.17) is 9.47 Å². The molecule has 0 unspecified atom stereocenters. The van der Waals surface area contributed by atoms with Gasteiger partial charge in [-0.25, -0.2) is 8.42 Å². The fraction of sp³-hybridized carbons (Fsp3) is 0.462. The first kappa shape index (κ1) is 29.0. The number of hydrogen-bond donors (Lipinski definition) is 1. The molecule has 0 spiro atoms. The molecule has 2 rings (SSSR count). The summed E-state index contributed by atoms with van der Waals surface area (Å²) in [7, 11) is -0.930. The minimum atomic E-state index is -3.85. The summed E-state index contributed by atoms with van der Waals surface area (Å²) < 4.78 is 37.0. The lowest BCUT2D eigenvalue weighted by molar-refractivity contribution is -0.139. The highest BCUT2D eigenvalue weighted by Gasteiger charge is 2.30. The van der Waals surface area contributed by atoms with Crippen molar-refractivity contribution in [1.29, 1.82) is 0 Å². The van der Waals surface area contributed by atoms with Crippen LogP contribution in [0.4, 0.5) is 5.69 Å². The Morgan fingerprint density at radius 3 is 2.22 bits per heavy atom. The van der Waals surface area contributed by atoms with Gasteiger partial charge in [0.25, 0.3) is 0 Å². The van der Waals surface area contributed by atoms with E-state index in [1.807, 2.05) is 45.0 Å². The molecule has 0 saturated heterocycles. The lowest BCUT2D eigenvalue weighted by atomic mass is 10.1. The van der Waals surface area contributed by atoms with Gasteiger partial charge in [-0.05, 0) is 37.5 Å². The number of benzene rings is 2. The van der Waals surface area contributed by atoms with Crippen molar-refractivity contribution < 1.29 is 27.5 Å². The van der Waals surface area contributed by atoms with E-state index in [1.165, 1.54) is 25.2 Å². The molecular weight excluding hydrogens is 482 g/mol. The number of carbonyl (C=O) groups excluding carboxylic acids is 2. The predicted octanol–water partition coefficient (Wildman–Crippen LogP) is 2.97. The van der Waals surface area contributed by atoms with Crippen molar-refractivity contribution in [2.75, 3.05) is 37.9 Å². The van der Waals surface area contributed by atoms with Crippen LogP contribution in [0.25, 0.3) is 0 Å². The van der Waals surface area contributed by atoms with Gasteiger partial charge in [0.15, 0.2) is 11.5 Å². The summed E-state index contributed by atoms with van der Waals surface area (Å²) in [6.07, 6.45) is 1.03. The molecule has 0 aliphatic rings. The normalized spacial score (nSPS) is 12.1. The van der Waals surface area contributed by atoms with E-state index >= 15 is 0 Å². The first-order valence-corrected chi connectivity index (χ1v) is 13.5. The molecule has 198 valence electrons. The molecule has 0 bridgehead atoms. The monoisotopic (exact) mass is 519 g/mol. The number of ether oxygens (including phenoxy) is 2. The van der Waals surface area contributed by atoms with Crippen molar-refractivity contribution in [2.45, 2.75) is 40.3 Å². The van der Waals surface area contributed by atoms with Crippen LogP contribution in [0.3, 0.4) is 0 Å². The smallest absolute Gasteiger partial charge is 0.244 e. The summed E-state index contributed by atoms with van der Waals surface area (Å²) in [6, 6.07) is 11.4. The number of hydrogen-bond acceptors (Lipinski definition) is 6. The van der Waals surface area contributed by atoms with Gasteiger partial charge < -0.3 is 19.7 Å². The minimum absolute atomic E-state index is 0.153. The molecule has 0 aliphatic heterocycles. The summed E-state index contributed by atoms with van der Waals surface area (Å²) in [4.78, 5) is 27.9. The summed E-state index contributed by atoms with van der Waals surface area (Å²) in [5.74, 6) is 0.185. The largest absolute Gasteiger partial charge is 0.493 e. The summed E-state index contributed by atoms with van der Waals surface area (Å²) in [5.41, 5.74) is 2.10. The van der Waals surface area contributed by atoms with E-state index in [9.17, 15) is 18.0 Å². The van der Waals surface area contributed by atoms with Gasteiger partial charge in [-0.1, -0.05) is 43.7 Å². The number of rotatable bonds is 12. The van der Waals surface area contributed by atoms with E-state index in [2.05, 4.69) is 5.32 Å². The minimum Gasteiger partial charge on any atom is -0.493 e. The number of nitrogens with one attached hydrogen (secondary N) is 1. The first-order chi connectivity index (χ1) is 16.9. The van der Waals surface area contributed by atoms with Crippen LogP contribution in [-0.2, 0) is 26.2 Å². The van der Waals surface area contributed by atoms with Gasteiger partial charge in [0.2, 0.25) is 21.8 Å². The third kappa shape index (κ3) is 7.87. The number of sulfonamides is 1. The quantitative estimate of drug-likeness (QED) is 0.462. The summed E-state index contributed by atoms with van der Waals surface area (Å²) >= 11 is 0. The predicted molar refractivity (Wildman–Crippen MR) is 141 cm³/mol. The maximum atomic E-state index is 13.6. The van der Waals surface area contributed by atoms with Crippen molar-refractivity contribution in [2.24, 2.45) is 5.92 Å². The molecule has 0 heterocycles. The van der Waals surface area contributed by atoms with E-state index < -0.39 is 28.5 Å². The van der Waals surface area contributed by atoms with Crippen LogP contribution in [0.15, 0.2) is 42.5 Å². The number of amides is 2. The number of aryl methyl sites for hydroxylation is 1. The van der Waals surface area contributed by atoms with Gasteiger partial charge in [-0.15, -0.1) is 0 Å². The van der Waals surface area contributed by atoms with Crippen LogP contribution in [0, 0.1) is 12.8 Å². The van der Waals surface area contributed by atoms with E-state index in [-0.39, 0.29) is 24.1 Å². The summed E-state index contributed by atoms with van der Waals surface area (Å²) in [6.45, 7) is 7.68. The second-order valence-electron chi connectivity index (χ2n) is 9.13. The molecule has 0 aliphatic carbocycles. The van der Waals surface area contributed by atoms with Crippen LogP contribution in [0.1, 0.15) is 31.9 Å². The second kappa shape index (κ2) is 12.6. The standard InChI is InChI=1S/C26H37N3O6S/c1-18(2)15-27-26(31)20(4)28(16-21-10-8-9-19(3)13-21)25(30)17-29(36(7,32)33)22-11-12-23(34-5)24(14-22)35-6/h8-14,18,20H,15-17H2,1-7H3,(H,27,31)/t20-/m1/s1. The van der Waals surface area contributed by atoms with E-state index in [0.717, 1.165) is 21.7 Å². The zero-order chi connectivity index (χ0) is 27.0. The van der Waals surface area contributed by atoms with E-state index in [0.29, 0.717) is 18.0 Å². The highest BCUT2D eigenvalue weighted by atomic mass is 32.2. The number of methoxy groups -OCH3 is 2. The van der Waals surface area contributed by atoms with Crippen LogP contribution in [-0.4, -0.2) is 64.7 Å².